The van der Waals surface area contributed by atoms with Gasteiger partial charge in [0.2, 0.25) is 0 Å². The fourth-order valence-electron chi connectivity index (χ4n) is 2.72. The van der Waals surface area contributed by atoms with Gasteiger partial charge in [0.05, 0.1) is 11.1 Å². The minimum absolute atomic E-state index is 0.0400. The summed E-state index contributed by atoms with van der Waals surface area (Å²) in [6.07, 6.45) is 0. The first-order valence-corrected chi connectivity index (χ1v) is 8.11. The molecule has 1 saturated heterocycles. The first-order chi connectivity index (χ1) is 10.2. The first kappa shape index (κ1) is 14.9. The number of nitrogens with one attached hydrogen (secondary N) is 1. The Balaban J connectivity index is 2.09. The van der Waals surface area contributed by atoms with Crippen molar-refractivity contribution >= 4 is 22.9 Å². The van der Waals surface area contributed by atoms with Gasteiger partial charge in [-0.1, -0.05) is 11.6 Å². The molecule has 1 aromatic carbocycles. The highest BCUT2D eigenvalue weighted by molar-refractivity contribution is 7.08. The Morgan fingerprint density at radius 1 is 1.19 bits per heavy atom. The number of piperazine rings is 1. The predicted octanol–water partition coefficient (Wildman–Crippen LogP) is 3.67. The Morgan fingerprint density at radius 2 is 1.95 bits per heavy atom. The summed E-state index contributed by atoms with van der Waals surface area (Å²) in [4.78, 5) is 2.09. The molecule has 1 fully saturated rings. The van der Waals surface area contributed by atoms with Crippen LogP contribution in [0, 0.1) is 11.6 Å². The Hall–Kier alpha value is -1.01. The van der Waals surface area contributed by atoms with Crippen LogP contribution in [0.4, 0.5) is 8.78 Å². The molecule has 6 heteroatoms. The highest BCUT2D eigenvalue weighted by Gasteiger charge is 2.30. The maximum Gasteiger partial charge on any atom is 0.149 e. The normalized spacial score (nSPS) is 17.9. The SMILES string of the molecule is Fc1ccc(Cl)c(F)c1[C@H](c1ccsc1)N1CCNCC1. The van der Waals surface area contributed by atoms with Crippen LogP contribution in [-0.2, 0) is 0 Å². The lowest BCUT2D eigenvalue weighted by Crippen LogP contribution is -2.45. The van der Waals surface area contributed by atoms with E-state index < -0.39 is 17.7 Å². The van der Waals surface area contributed by atoms with Gasteiger partial charge in [-0.15, -0.1) is 0 Å². The second-order valence-corrected chi connectivity index (χ2v) is 6.19. The van der Waals surface area contributed by atoms with Gasteiger partial charge in [-0.3, -0.25) is 4.90 Å². The number of halogens is 3. The van der Waals surface area contributed by atoms with Crippen molar-refractivity contribution < 1.29 is 8.78 Å². The van der Waals surface area contributed by atoms with E-state index in [9.17, 15) is 8.78 Å². The first-order valence-electron chi connectivity index (χ1n) is 6.78. The molecule has 0 spiro atoms. The minimum atomic E-state index is -0.661. The predicted molar refractivity (Wildman–Crippen MR) is 82.0 cm³/mol. The molecule has 1 aliphatic rings. The quantitative estimate of drug-likeness (QED) is 0.865. The molecule has 1 aliphatic heterocycles. The van der Waals surface area contributed by atoms with E-state index >= 15 is 0 Å². The minimum Gasteiger partial charge on any atom is -0.314 e. The molecule has 1 N–H and O–H groups in total. The molecule has 0 unspecified atom stereocenters. The molecule has 0 saturated carbocycles. The van der Waals surface area contributed by atoms with E-state index in [4.69, 9.17) is 11.6 Å². The van der Waals surface area contributed by atoms with E-state index in [0.29, 0.717) is 0 Å². The molecule has 0 amide bonds. The number of hydrogen-bond donors (Lipinski definition) is 1. The molecular formula is C15H15ClF2N2S. The summed E-state index contributed by atoms with van der Waals surface area (Å²) < 4.78 is 28.7. The number of hydrogen-bond acceptors (Lipinski definition) is 3. The van der Waals surface area contributed by atoms with Gasteiger partial charge in [0.15, 0.2) is 0 Å². The van der Waals surface area contributed by atoms with E-state index in [-0.39, 0.29) is 10.6 Å². The third-order valence-electron chi connectivity index (χ3n) is 3.73. The van der Waals surface area contributed by atoms with Crippen LogP contribution in [0.5, 0.6) is 0 Å². The molecular weight excluding hydrogens is 314 g/mol. The summed E-state index contributed by atoms with van der Waals surface area (Å²) in [6, 6.07) is 3.98. The Labute approximate surface area is 131 Å². The van der Waals surface area contributed by atoms with Crippen molar-refractivity contribution in [1.82, 2.24) is 10.2 Å². The lowest BCUT2D eigenvalue weighted by atomic mass is 9.97. The number of rotatable bonds is 3. The molecule has 1 aromatic heterocycles. The second-order valence-electron chi connectivity index (χ2n) is 5.00. The van der Waals surface area contributed by atoms with E-state index in [0.717, 1.165) is 31.7 Å². The van der Waals surface area contributed by atoms with Crippen LogP contribution in [0.25, 0.3) is 0 Å². The topological polar surface area (TPSA) is 15.3 Å². The third kappa shape index (κ3) is 2.97. The smallest absolute Gasteiger partial charge is 0.149 e. The van der Waals surface area contributed by atoms with Gasteiger partial charge in [-0.05, 0) is 34.5 Å². The van der Waals surface area contributed by atoms with Gasteiger partial charge in [0.1, 0.15) is 11.6 Å². The zero-order valence-electron chi connectivity index (χ0n) is 11.3. The van der Waals surface area contributed by atoms with Crippen LogP contribution in [0.2, 0.25) is 5.02 Å². The highest BCUT2D eigenvalue weighted by atomic mass is 35.5. The molecule has 112 valence electrons. The lowest BCUT2D eigenvalue weighted by molar-refractivity contribution is 0.192. The standard InChI is InChI=1S/C15H15ClF2N2S/c16-11-1-2-12(17)13(14(11)18)15(10-3-8-21-9-10)20-6-4-19-5-7-20/h1-3,8-9,15,19H,4-7H2/t15-/m0/s1. The van der Waals surface area contributed by atoms with Crippen molar-refractivity contribution in [3.05, 3.63) is 56.7 Å². The van der Waals surface area contributed by atoms with Crippen molar-refractivity contribution in [1.29, 1.82) is 0 Å². The Kier molecular flexibility index (Phi) is 4.54. The number of nitrogens with zero attached hydrogens (tertiary/aromatic N) is 1. The van der Waals surface area contributed by atoms with Gasteiger partial charge in [-0.25, -0.2) is 8.78 Å². The lowest BCUT2D eigenvalue weighted by Gasteiger charge is -2.35. The molecule has 0 aliphatic carbocycles. The Bertz CT molecular complexity index is 612. The second kappa shape index (κ2) is 6.40. The van der Waals surface area contributed by atoms with Crippen LogP contribution >= 0.6 is 22.9 Å². The van der Waals surface area contributed by atoms with Crippen molar-refractivity contribution in [2.24, 2.45) is 0 Å². The van der Waals surface area contributed by atoms with Crippen molar-refractivity contribution in [3.8, 4) is 0 Å². The van der Waals surface area contributed by atoms with Gasteiger partial charge < -0.3 is 5.32 Å². The van der Waals surface area contributed by atoms with Crippen LogP contribution in [-0.4, -0.2) is 31.1 Å². The third-order valence-corrected chi connectivity index (χ3v) is 4.72. The summed E-state index contributed by atoms with van der Waals surface area (Å²) in [5.74, 6) is -1.21. The summed E-state index contributed by atoms with van der Waals surface area (Å²) in [5.41, 5.74) is 0.949. The summed E-state index contributed by atoms with van der Waals surface area (Å²) in [7, 11) is 0. The van der Waals surface area contributed by atoms with Crippen molar-refractivity contribution in [3.63, 3.8) is 0 Å². The zero-order valence-corrected chi connectivity index (χ0v) is 12.9. The fraction of sp³-hybridized carbons (Fsp3) is 0.333. The Morgan fingerprint density at radius 3 is 2.62 bits per heavy atom. The van der Waals surface area contributed by atoms with E-state index in [2.05, 4.69) is 10.2 Å². The maximum atomic E-state index is 14.4. The molecule has 1 atom stereocenters. The largest absolute Gasteiger partial charge is 0.314 e. The fourth-order valence-corrected chi connectivity index (χ4v) is 3.57. The van der Waals surface area contributed by atoms with Crippen molar-refractivity contribution in [2.45, 2.75) is 6.04 Å². The van der Waals surface area contributed by atoms with Crippen LogP contribution < -0.4 is 5.32 Å². The van der Waals surface area contributed by atoms with Gasteiger partial charge in [-0.2, -0.15) is 11.3 Å². The van der Waals surface area contributed by atoms with E-state index in [1.165, 1.54) is 23.5 Å². The summed E-state index contributed by atoms with van der Waals surface area (Å²) >= 11 is 7.38. The van der Waals surface area contributed by atoms with Gasteiger partial charge in [0, 0.05) is 31.7 Å². The maximum absolute atomic E-state index is 14.4. The molecule has 2 heterocycles. The summed E-state index contributed by atoms with van der Waals surface area (Å²) in [5, 5.41) is 7.07. The zero-order chi connectivity index (χ0) is 14.8. The average molecular weight is 329 g/mol. The summed E-state index contributed by atoms with van der Waals surface area (Å²) in [6.45, 7) is 3.10. The molecule has 0 radical (unpaired) electrons. The van der Waals surface area contributed by atoms with Crippen LogP contribution in [0.1, 0.15) is 17.2 Å². The molecule has 2 nitrogen and oxygen atoms in total. The van der Waals surface area contributed by atoms with Crippen LogP contribution in [0.3, 0.4) is 0 Å². The molecule has 2 aromatic rings. The molecule has 3 rings (SSSR count). The van der Waals surface area contributed by atoms with Gasteiger partial charge in [0.25, 0.3) is 0 Å². The monoisotopic (exact) mass is 328 g/mol. The molecule has 0 bridgehead atoms. The van der Waals surface area contributed by atoms with E-state index in [1.54, 1.807) is 0 Å². The number of benzene rings is 1. The van der Waals surface area contributed by atoms with Crippen LogP contribution in [0.15, 0.2) is 29.0 Å². The number of thiophene rings is 1. The van der Waals surface area contributed by atoms with E-state index in [1.807, 2.05) is 16.8 Å². The highest BCUT2D eigenvalue weighted by Crippen LogP contribution is 2.35. The molecule has 21 heavy (non-hydrogen) atoms. The van der Waals surface area contributed by atoms with Gasteiger partial charge >= 0.3 is 0 Å². The van der Waals surface area contributed by atoms with Crippen molar-refractivity contribution in [2.75, 3.05) is 26.2 Å². The average Bonchev–Trinajstić information content (AvgIpc) is 3.02.